The maximum absolute atomic E-state index is 11.7. The average molecular weight is 370 g/mol. The van der Waals surface area contributed by atoms with Crippen LogP contribution < -0.4 is 5.32 Å². The van der Waals surface area contributed by atoms with Gasteiger partial charge in [-0.3, -0.25) is 4.79 Å². The molecule has 0 aliphatic heterocycles. The molecule has 0 spiro atoms. The van der Waals surface area contributed by atoms with Gasteiger partial charge in [-0.25, -0.2) is 8.42 Å². The van der Waals surface area contributed by atoms with Crippen molar-refractivity contribution in [1.82, 2.24) is 0 Å². The minimum atomic E-state index is -3.24. The lowest BCUT2D eigenvalue weighted by atomic mass is 10.3. The van der Waals surface area contributed by atoms with Crippen molar-refractivity contribution >= 4 is 43.4 Å². The number of benzene rings is 1. The summed E-state index contributed by atoms with van der Waals surface area (Å²) in [7, 11) is -3.24. The number of sulfone groups is 1. The van der Waals surface area contributed by atoms with Gasteiger partial charge < -0.3 is 9.73 Å². The third-order valence-electron chi connectivity index (χ3n) is 2.54. The number of carbonyl (C=O) groups is 1. The molecule has 21 heavy (non-hydrogen) atoms. The fourth-order valence-corrected chi connectivity index (χ4v) is 2.49. The Kier molecular flexibility index (Phi) is 4.64. The van der Waals surface area contributed by atoms with Gasteiger partial charge in [-0.2, -0.15) is 0 Å². The van der Waals surface area contributed by atoms with Crippen LogP contribution in [-0.4, -0.2) is 20.6 Å². The van der Waals surface area contributed by atoms with Crippen LogP contribution in [-0.2, 0) is 14.6 Å². The molecule has 1 heterocycles. The van der Waals surface area contributed by atoms with Crippen LogP contribution in [0, 0.1) is 0 Å². The van der Waals surface area contributed by atoms with Gasteiger partial charge in [0.05, 0.1) is 4.90 Å². The van der Waals surface area contributed by atoms with Crippen LogP contribution in [0.1, 0.15) is 5.76 Å². The maximum Gasteiger partial charge on any atom is 0.248 e. The number of furan rings is 1. The van der Waals surface area contributed by atoms with E-state index in [1.165, 1.54) is 36.4 Å². The van der Waals surface area contributed by atoms with Crippen molar-refractivity contribution in [2.45, 2.75) is 4.90 Å². The van der Waals surface area contributed by atoms with E-state index >= 15 is 0 Å². The molecule has 1 aromatic heterocycles. The second-order valence-electron chi connectivity index (χ2n) is 4.26. The SMILES string of the molecule is CS(=O)(=O)c1ccc(NC(=O)C=Cc2ccc(Br)o2)cc1. The van der Waals surface area contributed by atoms with Gasteiger partial charge in [0, 0.05) is 18.0 Å². The molecule has 0 radical (unpaired) electrons. The number of amides is 1. The van der Waals surface area contributed by atoms with Crippen LogP contribution in [0.2, 0.25) is 0 Å². The summed E-state index contributed by atoms with van der Waals surface area (Å²) in [5.41, 5.74) is 0.512. The number of anilines is 1. The highest BCUT2D eigenvalue weighted by Gasteiger charge is 2.06. The molecule has 0 bridgehead atoms. The predicted molar refractivity (Wildman–Crippen MR) is 83.6 cm³/mol. The first-order valence-electron chi connectivity index (χ1n) is 5.89. The number of hydrogen-bond donors (Lipinski definition) is 1. The van der Waals surface area contributed by atoms with Gasteiger partial charge in [0.2, 0.25) is 5.91 Å². The average Bonchev–Trinajstić information content (AvgIpc) is 2.82. The van der Waals surface area contributed by atoms with Gasteiger partial charge in [-0.15, -0.1) is 0 Å². The van der Waals surface area contributed by atoms with Crippen molar-refractivity contribution < 1.29 is 17.6 Å². The first kappa shape index (κ1) is 15.5. The molecule has 0 fully saturated rings. The summed E-state index contributed by atoms with van der Waals surface area (Å²) in [6, 6.07) is 9.39. The fourth-order valence-electron chi connectivity index (χ4n) is 1.55. The van der Waals surface area contributed by atoms with Crippen molar-refractivity contribution in [3.63, 3.8) is 0 Å². The van der Waals surface area contributed by atoms with Gasteiger partial charge in [-0.1, -0.05) is 0 Å². The largest absolute Gasteiger partial charge is 0.450 e. The van der Waals surface area contributed by atoms with Gasteiger partial charge in [0.15, 0.2) is 14.5 Å². The van der Waals surface area contributed by atoms with Crippen LogP contribution in [0.15, 0.2) is 56.5 Å². The standard InChI is InChI=1S/C14H12BrNO4S/c1-21(18,19)12-6-2-10(3-7-12)16-14(17)9-5-11-4-8-13(15)20-11/h2-9H,1H3,(H,16,17). The lowest BCUT2D eigenvalue weighted by molar-refractivity contribution is -0.111. The molecule has 0 atom stereocenters. The third-order valence-corrected chi connectivity index (χ3v) is 4.10. The zero-order chi connectivity index (χ0) is 15.5. The molecule has 1 N–H and O–H groups in total. The summed E-state index contributed by atoms with van der Waals surface area (Å²) in [5, 5.41) is 2.62. The summed E-state index contributed by atoms with van der Waals surface area (Å²) in [6.07, 6.45) is 3.99. The van der Waals surface area contributed by atoms with Crippen molar-refractivity contribution in [2.75, 3.05) is 11.6 Å². The second kappa shape index (κ2) is 6.28. The van der Waals surface area contributed by atoms with Crippen molar-refractivity contribution in [1.29, 1.82) is 0 Å². The number of carbonyl (C=O) groups excluding carboxylic acids is 1. The highest BCUT2D eigenvalue weighted by molar-refractivity contribution is 9.10. The number of nitrogens with one attached hydrogen (secondary N) is 1. The Morgan fingerprint density at radius 2 is 1.86 bits per heavy atom. The minimum absolute atomic E-state index is 0.205. The molecule has 0 saturated carbocycles. The van der Waals surface area contributed by atoms with E-state index < -0.39 is 9.84 Å². The zero-order valence-electron chi connectivity index (χ0n) is 11.0. The van der Waals surface area contributed by atoms with E-state index in [1.54, 1.807) is 12.1 Å². The van der Waals surface area contributed by atoms with E-state index in [0.29, 0.717) is 16.1 Å². The molecule has 0 aliphatic carbocycles. The Bertz CT molecular complexity index is 776. The molecule has 5 nitrogen and oxygen atoms in total. The molecule has 0 unspecified atom stereocenters. The normalized spacial score (nSPS) is 11.7. The lowest BCUT2D eigenvalue weighted by Crippen LogP contribution is -2.07. The lowest BCUT2D eigenvalue weighted by Gasteiger charge is -2.03. The van der Waals surface area contributed by atoms with E-state index in [9.17, 15) is 13.2 Å². The first-order chi connectivity index (χ1) is 9.84. The molecule has 2 rings (SSSR count). The molecular formula is C14H12BrNO4S. The van der Waals surface area contributed by atoms with E-state index in [4.69, 9.17) is 4.42 Å². The maximum atomic E-state index is 11.7. The molecule has 0 aliphatic rings. The minimum Gasteiger partial charge on any atom is -0.450 e. The molecule has 1 aromatic carbocycles. The number of hydrogen-bond acceptors (Lipinski definition) is 4. The Balaban J connectivity index is 2.01. The van der Waals surface area contributed by atoms with E-state index in [-0.39, 0.29) is 10.8 Å². The van der Waals surface area contributed by atoms with Crippen LogP contribution in [0.3, 0.4) is 0 Å². The van der Waals surface area contributed by atoms with E-state index in [0.717, 1.165) is 6.26 Å². The fraction of sp³-hybridized carbons (Fsp3) is 0.0714. The van der Waals surface area contributed by atoms with Crippen molar-refractivity contribution in [2.24, 2.45) is 0 Å². The molecule has 7 heteroatoms. The van der Waals surface area contributed by atoms with E-state index in [1.807, 2.05) is 0 Å². The van der Waals surface area contributed by atoms with Gasteiger partial charge in [-0.05, 0) is 58.4 Å². The topological polar surface area (TPSA) is 76.4 Å². The van der Waals surface area contributed by atoms with Crippen LogP contribution in [0.5, 0.6) is 0 Å². The second-order valence-corrected chi connectivity index (χ2v) is 7.06. The van der Waals surface area contributed by atoms with Gasteiger partial charge in [0.25, 0.3) is 0 Å². The molecule has 2 aromatic rings. The quantitative estimate of drug-likeness (QED) is 0.840. The Morgan fingerprint density at radius 3 is 2.38 bits per heavy atom. The third kappa shape index (κ3) is 4.57. The van der Waals surface area contributed by atoms with Crippen LogP contribution in [0.25, 0.3) is 6.08 Å². The highest BCUT2D eigenvalue weighted by atomic mass is 79.9. The van der Waals surface area contributed by atoms with E-state index in [2.05, 4.69) is 21.2 Å². The molecular weight excluding hydrogens is 358 g/mol. The predicted octanol–water partition coefficient (Wildman–Crippen LogP) is 3.10. The number of halogens is 1. The summed E-state index contributed by atoms with van der Waals surface area (Å²) in [4.78, 5) is 11.9. The smallest absolute Gasteiger partial charge is 0.248 e. The molecule has 110 valence electrons. The Labute approximate surface area is 130 Å². The summed E-state index contributed by atoms with van der Waals surface area (Å²) < 4.78 is 28.4. The molecule has 1 amide bonds. The van der Waals surface area contributed by atoms with Crippen LogP contribution in [0.4, 0.5) is 5.69 Å². The van der Waals surface area contributed by atoms with Crippen molar-refractivity contribution in [3.8, 4) is 0 Å². The first-order valence-corrected chi connectivity index (χ1v) is 8.57. The highest BCUT2D eigenvalue weighted by Crippen LogP contribution is 2.16. The summed E-state index contributed by atoms with van der Waals surface area (Å²) >= 11 is 3.17. The van der Waals surface area contributed by atoms with Crippen LogP contribution >= 0.6 is 15.9 Å². The van der Waals surface area contributed by atoms with Gasteiger partial charge >= 0.3 is 0 Å². The summed E-state index contributed by atoms with van der Waals surface area (Å²) in [5.74, 6) is 0.207. The Morgan fingerprint density at radius 1 is 1.19 bits per heavy atom. The number of rotatable bonds is 4. The zero-order valence-corrected chi connectivity index (χ0v) is 13.4. The van der Waals surface area contributed by atoms with Gasteiger partial charge in [0.1, 0.15) is 5.76 Å². The molecule has 0 saturated heterocycles. The summed E-state index contributed by atoms with van der Waals surface area (Å²) in [6.45, 7) is 0. The monoisotopic (exact) mass is 369 g/mol. The Hall–Kier alpha value is -1.86. The van der Waals surface area contributed by atoms with Crippen molar-refractivity contribution in [3.05, 3.63) is 52.9 Å².